The number of aromatic amines is 1. The Morgan fingerprint density at radius 1 is 1.53 bits per heavy atom. The Bertz CT molecular complexity index is 374. The molecule has 0 bridgehead atoms. The third kappa shape index (κ3) is 2.98. The van der Waals surface area contributed by atoms with Gasteiger partial charge in [0.05, 0.1) is 0 Å². The lowest BCUT2D eigenvalue weighted by Crippen LogP contribution is -2.49. The predicted octanol–water partition coefficient (Wildman–Crippen LogP) is 1.22. The quantitative estimate of drug-likeness (QED) is 0.827. The second kappa shape index (κ2) is 4.66. The van der Waals surface area contributed by atoms with Gasteiger partial charge < -0.3 is 5.32 Å². The molecule has 4 nitrogen and oxygen atoms in total. The molecule has 0 unspecified atom stereocenters. The minimum atomic E-state index is -4.37. The summed E-state index contributed by atoms with van der Waals surface area (Å²) in [7, 11) is 0. The van der Waals surface area contributed by atoms with Crippen molar-refractivity contribution in [1.82, 2.24) is 20.4 Å². The minimum absolute atomic E-state index is 0.321. The van der Waals surface area contributed by atoms with Gasteiger partial charge in [-0.05, 0) is 13.0 Å². The van der Waals surface area contributed by atoms with Crippen LogP contribution in [0.4, 0.5) is 13.2 Å². The van der Waals surface area contributed by atoms with Crippen molar-refractivity contribution < 1.29 is 13.2 Å². The molecule has 0 amide bonds. The van der Waals surface area contributed by atoms with Gasteiger partial charge in [-0.15, -0.1) is 0 Å². The van der Waals surface area contributed by atoms with Crippen molar-refractivity contribution in [2.45, 2.75) is 25.7 Å². The van der Waals surface area contributed by atoms with E-state index in [-0.39, 0.29) is 0 Å². The summed E-state index contributed by atoms with van der Waals surface area (Å²) in [6, 6.07) is 1.40. The van der Waals surface area contributed by atoms with E-state index in [9.17, 15) is 13.2 Å². The maximum atomic E-state index is 12.4. The Kier molecular flexibility index (Phi) is 3.39. The highest BCUT2D eigenvalue weighted by Gasteiger charge is 2.34. The summed E-state index contributed by atoms with van der Waals surface area (Å²) in [6.07, 6.45) is -4.37. The number of H-pyrrole nitrogens is 1. The molecule has 0 spiro atoms. The van der Waals surface area contributed by atoms with Crippen LogP contribution in [0.2, 0.25) is 0 Å². The molecule has 0 aliphatic carbocycles. The number of hydrogen-bond acceptors (Lipinski definition) is 3. The first kappa shape index (κ1) is 12.4. The van der Waals surface area contributed by atoms with Gasteiger partial charge in [-0.3, -0.25) is 10.00 Å². The molecule has 1 saturated heterocycles. The van der Waals surface area contributed by atoms with Gasteiger partial charge in [0.2, 0.25) is 0 Å². The SMILES string of the molecule is C[C@H]1CNCCN1Cc1cc(C(F)(F)F)n[nH]1. The van der Waals surface area contributed by atoms with Crippen molar-refractivity contribution in [2.75, 3.05) is 19.6 Å². The summed E-state index contributed by atoms with van der Waals surface area (Å²) >= 11 is 0. The van der Waals surface area contributed by atoms with Crippen LogP contribution in [0.3, 0.4) is 0 Å². The zero-order valence-corrected chi connectivity index (χ0v) is 9.51. The molecule has 1 atom stereocenters. The number of rotatable bonds is 2. The average molecular weight is 248 g/mol. The third-order valence-corrected chi connectivity index (χ3v) is 2.93. The first-order valence-electron chi connectivity index (χ1n) is 5.53. The molecule has 2 N–H and O–H groups in total. The Morgan fingerprint density at radius 2 is 2.29 bits per heavy atom. The highest BCUT2D eigenvalue weighted by Crippen LogP contribution is 2.27. The second-order valence-electron chi connectivity index (χ2n) is 4.30. The number of nitrogens with zero attached hydrogens (tertiary/aromatic N) is 2. The standard InChI is InChI=1S/C10H15F3N4/c1-7-5-14-2-3-17(7)6-8-4-9(16-15-8)10(11,12)13/h4,7,14H,2-3,5-6H2,1H3,(H,15,16)/t7-/m0/s1. The summed E-state index contributed by atoms with van der Waals surface area (Å²) in [5.41, 5.74) is -0.346. The van der Waals surface area contributed by atoms with Crippen molar-refractivity contribution in [3.8, 4) is 0 Å². The molecule has 0 radical (unpaired) electrons. The van der Waals surface area contributed by atoms with E-state index < -0.39 is 11.9 Å². The van der Waals surface area contributed by atoms with Crippen LogP contribution in [0.1, 0.15) is 18.3 Å². The highest BCUT2D eigenvalue weighted by atomic mass is 19.4. The molecular weight excluding hydrogens is 233 g/mol. The number of halogens is 3. The predicted molar refractivity (Wildman–Crippen MR) is 56.3 cm³/mol. The maximum absolute atomic E-state index is 12.4. The molecule has 1 aromatic rings. The Hall–Kier alpha value is -1.08. The first-order valence-corrected chi connectivity index (χ1v) is 5.53. The molecule has 17 heavy (non-hydrogen) atoms. The summed E-state index contributed by atoms with van der Waals surface area (Å²) in [6.45, 7) is 5.09. The number of aromatic nitrogens is 2. The van der Waals surface area contributed by atoms with Gasteiger partial charge in [0, 0.05) is 37.9 Å². The zero-order valence-electron chi connectivity index (χ0n) is 9.51. The lowest BCUT2D eigenvalue weighted by Gasteiger charge is -2.33. The summed E-state index contributed by atoms with van der Waals surface area (Å²) in [5.74, 6) is 0. The molecular formula is C10H15F3N4. The lowest BCUT2D eigenvalue weighted by atomic mass is 10.2. The molecule has 1 aliphatic rings. The molecule has 0 aromatic carbocycles. The summed E-state index contributed by atoms with van der Waals surface area (Å²) in [5, 5.41) is 8.97. The van der Waals surface area contributed by atoms with Gasteiger partial charge in [-0.1, -0.05) is 0 Å². The van der Waals surface area contributed by atoms with Crippen molar-refractivity contribution >= 4 is 0 Å². The van der Waals surface area contributed by atoms with Crippen LogP contribution in [-0.2, 0) is 12.7 Å². The van der Waals surface area contributed by atoms with E-state index in [0.717, 1.165) is 25.7 Å². The second-order valence-corrected chi connectivity index (χ2v) is 4.30. The van der Waals surface area contributed by atoms with Crippen LogP contribution in [0, 0.1) is 0 Å². The van der Waals surface area contributed by atoms with Crippen molar-refractivity contribution in [2.24, 2.45) is 0 Å². The Labute approximate surface area is 97.2 Å². The summed E-state index contributed by atoms with van der Waals surface area (Å²) in [4.78, 5) is 2.13. The van der Waals surface area contributed by atoms with Gasteiger partial charge in [0.15, 0.2) is 5.69 Å². The normalized spacial score (nSPS) is 22.9. The van der Waals surface area contributed by atoms with Gasteiger partial charge in [-0.25, -0.2) is 0 Å². The third-order valence-electron chi connectivity index (χ3n) is 2.93. The van der Waals surface area contributed by atoms with Crippen LogP contribution in [-0.4, -0.2) is 40.8 Å². The van der Waals surface area contributed by atoms with Crippen LogP contribution >= 0.6 is 0 Å². The minimum Gasteiger partial charge on any atom is -0.314 e. The van der Waals surface area contributed by atoms with E-state index in [1.165, 1.54) is 0 Å². The van der Waals surface area contributed by atoms with E-state index in [1.54, 1.807) is 0 Å². The smallest absolute Gasteiger partial charge is 0.314 e. The summed E-state index contributed by atoms with van der Waals surface area (Å²) < 4.78 is 37.1. The average Bonchev–Trinajstić information content (AvgIpc) is 2.69. The number of nitrogens with one attached hydrogen (secondary N) is 2. The fourth-order valence-electron chi connectivity index (χ4n) is 1.92. The number of piperazine rings is 1. The highest BCUT2D eigenvalue weighted by molar-refractivity contribution is 5.11. The molecule has 1 aliphatic heterocycles. The van der Waals surface area contributed by atoms with Crippen molar-refractivity contribution in [3.05, 3.63) is 17.5 Å². The van der Waals surface area contributed by atoms with E-state index >= 15 is 0 Å². The molecule has 1 aromatic heterocycles. The van der Waals surface area contributed by atoms with Gasteiger partial charge in [-0.2, -0.15) is 18.3 Å². The largest absolute Gasteiger partial charge is 0.435 e. The van der Waals surface area contributed by atoms with E-state index in [2.05, 4.69) is 20.4 Å². The van der Waals surface area contributed by atoms with Crippen LogP contribution < -0.4 is 5.32 Å². The molecule has 1 fully saturated rings. The Morgan fingerprint density at radius 3 is 2.88 bits per heavy atom. The first-order chi connectivity index (χ1) is 7.97. The number of alkyl halides is 3. The molecule has 96 valence electrons. The van der Waals surface area contributed by atoms with Gasteiger partial charge in [0.25, 0.3) is 0 Å². The van der Waals surface area contributed by atoms with Crippen LogP contribution in [0.5, 0.6) is 0 Å². The molecule has 2 heterocycles. The fourth-order valence-corrected chi connectivity index (χ4v) is 1.92. The van der Waals surface area contributed by atoms with Gasteiger partial charge in [0.1, 0.15) is 0 Å². The monoisotopic (exact) mass is 248 g/mol. The van der Waals surface area contributed by atoms with Crippen molar-refractivity contribution in [3.63, 3.8) is 0 Å². The Balaban J connectivity index is 2.01. The molecule has 2 rings (SSSR count). The van der Waals surface area contributed by atoms with Crippen LogP contribution in [0.15, 0.2) is 6.07 Å². The molecule has 7 heteroatoms. The van der Waals surface area contributed by atoms with E-state index in [0.29, 0.717) is 18.3 Å². The van der Waals surface area contributed by atoms with Gasteiger partial charge >= 0.3 is 6.18 Å². The fraction of sp³-hybridized carbons (Fsp3) is 0.700. The maximum Gasteiger partial charge on any atom is 0.435 e. The molecule has 0 saturated carbocycles. The van der Waals surface area contributed by atoms with E-state index in [4.69, 9.17) is 0 Å². The topological polar surface area (TPSA) is 44.0 Å². The lowest BCUT2D eigenvalue weighted by molar-refractivity contribution is -0.141. The zero-order chi connectivity index (χ0) is 12.5. The van der Waals surface area contributed by atoms with Crippen LogP contribution in [0.25, 0.3) is 0 Å². The number of hydrogen-bond donors (Lipinski definition) is 2. The van der Waals surface area contributed by atoms with Crippen molar-refractivity contribution in [1.29, 1.82) is 0 Å². The van der Waals surface area contributed by atoms with E-state index in [1.807, 2.05) is 6.92 Å².